The third-order valence-electron chi connectivity index (χ3n) is 3.04. The molecule has 0 radical (unpaired) electrons. The number of aromatic nitrogens is 5. The summed E-state index contributed by atoms with van der Waals surface area (Å²) in [5.41, 5.74) is 1.39. The van der Waals surface area contributed by atoms with Crippen LogP contribution in [-0.4, -0.2) is 29.7 Å². The molecule has 0 aliphatic carbocycles. The maximum atomic E-state index is 10.4. The average molecular weight is 284 g/mol. The van der Waals surface area contributed by atoms with E-state index in [1.807, 2.05) is 20.8 Å². The van der Waals surface area contributed by atoms with Gasteiger partial charge < -0.3 is 5.11 Å². The lowest BCUT2D eigenvalue weighted by Crippen LogP contribution is -2.12. The van der Waals surface area contributed by atoms with Gasteiger partial charge >= 0.3 is 0 Å². The fourth-order valence-corrected chi connectivity index (χ4v) is 2.45. The van der Waals surface area contributed by atoms with E-state index in [9.17, 15) is 5.11 Å². The highest BCUT2D eigenvalue weighted by molar-refractivity contribution is 6.30. The Morgan fingerprint density at radius 3 is 2.63 bits per heavy atom. The van der Waals surface area contributed by atoms with E-state index in [1.54, 1.807) is 16.4 Å². The molecule has 0 aliphatic heterocycles. The minimum absolute atomic E-state index is 0.204. The van der Waals surface area contributed by atoms with E-state index in [2.05, 4.69) is 15.2 Å². The van der Waals surface area contributed by atoms with E-state index in [0.717, 1.165) is 11.5 Å². The zero-order valence-electron chi connectivity index (χ0n) is 11.5. The van der Waals surface area contributed by atoms with Gasteiger partial charge in [-0.15, -0.1) is 0 Å². The minimum atomic E-state index is -0.733. The van der Waals surface area contributed by atoms with E-state index in [4.69, 9.17) is 11.6 Å². The second kappa shape index (κ2) is 5.30. The second-order valence-corrected chi connectivity index (χ2v) is 5.21. The number of nitrogens with zero attached hydrogens (tertiary/aromatic N) is 5. The Morgan fingerprint density at radius 2 is 2.11 bits per heavy atom. The van der Waals surface area contributed by atoms with Crippen molar-refractivity contribution in [2.45, 2.75) is 39.3 Å². The van der Waals surface area contributed by atoms with E-state index >= 15 is 0 Å². The topological polar surface area (TPSA) is 68.8 Å². The largest absolute Gasteiger partial charge is 0.388 e. The predicted molar refractivity (Wildman–Crippen MR) is 72.0 cm³/mol. The Labute approximate surface area is 117 Å². The van der Waals surface area contributed by atoms with Gasteiger partial charge in [0.15, 0.2) is 0 Å². The summed E-state index contributed by atoms with van der Waals surface area (Å²) in [6.07, 6.45) is 1.13. The maximum Gasteiger partial charge on any atom is 0.138 e. The smallest absolute Gasteiger partial charge is 0.138 e. The number of aryl methyl sites for hydroxylation is 2. The number of halogens is 1. The van der Waals surface area contributed by atoms with Gasteiger partial charge in [-0.1, -0.05) is 11.6 Å². The molecular weight excluding hydrogens is 266 g/mol. The van der Waals surface area contributed by atoms with Gasteiger partial charge in [-0.05, 0) is 20.8 Å². The van der Waals surface area contributed by atoms with E-state index in [1.165, 1.54) is 6.33 Å². The van der Waals surface area contributed by atoms with Crippen molar-refractivity contribution in [2.75, 3.05) is 0 Å². The molecule has 104 valence electrons. The molecule has 2 heterocycles. The number of hydrogen-bond acceptors (Lipinski definition) is 4. The van der Waals surface area contributed by atoms with E-state index in [-0.39, 0.29) is 6.04 Å². The van der Waals surface area contributed by atoms with Crippen LogP contribution in [0.1, 0.15) is 43.1 Å². The molecule has 0 amide bonds. The van der Waals surface area contributed by atoms with Crippen LogP contribution in [-0.2, 0) is 13.5 Å². The highest BCUT2D eigenvalue weighted by Crippen LogP contribution is 2.28. The second-order valence-electron chi connectivity index (χ2n) is 4.85. The van der Waals surface area contributed by atoms with Crippen molar-refractivity contribution >= 4 is 11.6 Å². The molecule has 0 spiro atoms. The molecule has 19 heavy (non-hydrogen) atoms. The fraction of sp³-hybridized carbons (Fsp3) is 0.583. The van der Waals surface area contributed by atoms with Crippen LogP contribution in [0.25, 0.3) is 0 Å². The molecule has 1 unspecified atom stereocenters. The van der Waals surface area contributed by atoms with Crippen molar-refractivity contribution < 1.29 is 5.11 Å². The Morgan fingerprint density at radius 1 is 1.42 bits per heavy atom. The first-order valence-corrected chi connectivity index (χ1v) is 6.55. The van der Waals surface area contributed by atoms with E-state index in [0.29, 0.717) is 17.1 Å². The molecule has 1 atom stereocenters. The van der Waals surface area contributed by atoms with Gasteiger partial charge in [-0.3, -0.25) is 4.68 Å². The molecule has 1 N–H and O–H groups in total. The molecule has 0 fully saturated rings. The number of aliphatic hydroxyl groups excluding tert-OH is 1. The van der Waals surface area contributed by atoms with Crippen molar-refractivity contribution in [1.29, 1.82) is 0 Å². The quantitative estimate of drug-likeness (QED) is 0.929. The highest BCUT2D eigenvalue weighted by atomic mass is 35.5. The Balaban J connectivity index is 2.26. The fourth-order valence-electron chi connectivity index (χ4n) is 2.15. The molecule has 2 aromatic rings. The predicted octanol–water partition coefficient (Wildman–Crippen LogP) is 1.83. The summed E-state index contributed by atoms with van der Waals surface area (Å²) in [5, 5.41) is 19.2. The molecular formula is C12H18ClN5O. The van der Waals surface area contributed by atoms with Crippen LogP contribution in [0.2, 0.25) is 5.15 Å². The van der Waals surface area contributed by atoms with Crippen LogP contribution < -0.4 is 0 Å². The zero-order valence-corrected chi connectivity index (χ0v) is 12.3. The SMILES string of the molecule is Cc1nn(C)c(Cl)c1C(O)Cc1ncnn1C(C)C. The molecule has 2 rings (SSSR count). The lowest BCUT2D eigenvalue weighted by atomic mass is 10.1. The minimum Gasteiger partial charge on any atom is -0.388 e. The first-order valence-electron chi connectivity index (χ1n) is 6.17. The maximum absolute atomic E-state index is 10.4. The van der Waals surface area contributed by atoms with Gasteiger partial charge in [0.2, 0.25) is 0 Å². The van der Waals surface area contributed by atoms with Crippen LogP contribution in [0, 0.1) is 6.92 Å². The standard InChI is InChI=1S/C12H18ClN5O/c1-7(2)18-10(14-6-15-18)5-9(19)11-8(3)16-17(4)12(11)13/h6-7,9,19H,5H2,1-4H3. The third-order valence-corrected chi connectivity index (χ3v) is 3.49. The van der Waals surface area contributed by atoms with Crippen molar-refractivity contribution in [1.82, 2.24) is 24.5 Å². The van der Waals surface area contributed by atoms with Crippen LogP contribution >= 0.6 is 11.6 Å². The lowest BCUT2D eigenvalue weighted by molar-refractivity contribution is 0.172. The van der Waals surface area contributed by atoms with E-state index < -0.39 is 6.10 Å². The molecule has 6 nitrogen and oxygen atoms in total. The van der Waals surface area contributed by atoms with Crippen molar-refractivity contribution in [3.8, 4) is 0 Å². The third kappa shape index (κ3) is 2.64. The first-order chi connectivity index (χ1) is 8.91. The summed E-state index contributed by atoms with van der Waals surface area (Å²) in [7, 11) is 1.75. The summed E-state index contributed by atoms with van der Waals surface area (Å²) in [5.74, 6) is 0.738. The monoisotopic (exact) mass is 283 g/mol. The molecule has 0 saturated carbocycles. The zero-order chi connectivity index (χ0) is 14.2. The lowest BCUT2D eigenvalue weighted by Gasteiger charge is -2.13. The summed E-state index contributed by atoms with van der Waals surface area (Å²) < 4.78 is 3.35. The summed E-state index contributed by atoms with van der Waals surface area (Å²) in [6, 6.07) is 0.204. The molecule has 0 aromatic carbocycles. The van der Waals surface area contributed by atoms with Gasteiger partial charge in [0.1, 0.15) is 17.3 Å². The highest BCUT2D eigenvalue weighted by Gasteiger charge is 2.22. The summed E-state index contributed by atoms with van der Waals surface area (Å²) >= 11 is 6.15. The van der Waals surface area contributed by atoms with Gasteiger partial charge in [-0.2, -0.15) is 10.2 Å². The van der Waals surface area contributed by atoms with Crippen molar-refractivity contribution in [3.05, 3.63) is 28.6 Å². The summed E-state index contributed by atoms with van der Waals surface area (Å²) in [4.78, 5) is 4.19. The Kier molecular flexibility index (Phi) is 3.91. The summed E-state index contributed by atoms with van der Waals surface area (Å²) in [6.45, 7) is 5.87. The number of rotatable bonds is 4. The molecule has 7 heteroatoms. The van der Waals surface area contributed by atoms with Crippen LogP contribution in [0.5, 0.6) is 0 Å². The normalized spacial score (nSPS) is 13.2. The van der Waals surface area contributed by atoms with Crippen molar-refractivity contribution in [2.24, 2.45) is 7.05 Å². The number of hydrogen-bond donors (Lipinski definition) is 1. The van der Waals surface area contributed by atoms with Crippen molar-refractivity contribution in [3.63, 3.8) is 0 Å². The number of aliphatic hydroxyl groups is 1. The van der Waals surface area contributed by atoms with Gasteiger partial charge in [0.25, 0.3) is 0 Å². The average Bonchev–Trinajstić information content (AvgIpc) is 2.85. The Bertz CT molecular complexity index is 575. The molecule has 2 aromatic heterocycles. The first kappa shape index (κ1) is 14.0. The van der Waals surface area contributed by atoms with Crippen LogP contribution in [0.3, 0.4) is 0 Å². The van der Waals surface area contributed by atoms with Gasteiger partial charge in [0, 0.05) is 25.1 Å². The molecule has 0 aliphatic rings. The van der Waals surface area contributed by atoms with Crippen LogP contribution in [0.15, 0.2) is 6.33 Å². The Hall–Kier alpha value is -1.40. The van der Waals surface area contributed by atoms with Gasteiger partial charge in [-0.25, -0.2) is 9.67 Å². The van der Waals surface area contributed by atoms with Crippen LogP contribution in [0.4, 0.5) is 0 Å². The van der Waals surface area contributed by atoms with Gasteiger partial charge in [0.05, 0.1) is 11.8 Å². The molecule has 0 bridgehead atoms. The molecule has 0 saturated heterocycles.